The lowest BCUT2D eigenvalue weighted by molar-refractivity contribution is 0.0688. The molecule has 0 heterocycles. The Morgan fingerprint density at radius 3 is 2.71 bits per heavy atom. The summed E-state index contributed by atoms with van der Waals surface area (Å²) in [6.07, 6.45) is 3.32. The highest BCUT2D eigenvalue weighted by Crippen LogP contribution is 2.16. The molecule has 1 fully saturated rings. The van der Waals surface area contributed by atoms with E-state index in [4.69, 9.17) is 15.2 Å². The van der Waals surface area contributed by atoms with Crippen LogP contribution in [0.15, 0.2) is 0 Å². The molecule has 0 aromatic rings. The first-order valence-electron chi connectivity index (χ1n) is 5.38. The Hall–Kier alpha value is -0.160. The average molecular weight is 202 g/mol. The van der Waals surface area contributed by atoms with E-state index in [2.05, 4.69) is 5.32 Å². The van der Waals surface area contributed by atoms with E-state index in [0.717, 1.165) is 32.4 Å². The molecule has 0 aromatic carbocycles. The number of nitrogens with one attached hydrogen (secondary N) is 1. The standard InChI is InChI=1S/C10H22N2O2/c1-13-5-6-14-4-2-3-12-10-7-9(11)8-10/h9-10,12H,2-8,11H2,1H3. The Morgan fingerprint density at radius 2 is 2.07 bits per heavy atom. The molecular formula is C10H22N2O2. The lowest BCUT2D eigenvalue weighted by Gasteiger charge is -2.33. The van der Waals surface area contributed by atoms with Crippen LogP contribution >= 0.6 is 0 Å². The minimum atomic E-state index is 0.436. The maximum atomic E-state index is 5.68. The quantitative estimate of drug-likeness (QED) is 0.549. The molecule has 0 spiro atoms. The summed E-state index contributed by atoms with van der Waals surface area (Å²) in [4.78, 5) is 0. The molecule has 1 aliphatic carbocycles. The molecule has 0 atom stereocenters. The zero-order valence-electron chi connectivity index (χ0n) is 9.00. The van der Waals surface area contributed by atoms with Crippen molar-refractivity contribution in [2.45, 2.75) is 31.3 Å². The number of methoxy groups -OCH3 is 1. The normalized spacial score (nSPS) is 26.1. The molecule has 1 saturated carbocycles. The summed E-state index contributed by atoms with van der Waals surface area (Å²) in [7, 11) is 1.69. The minimum Gasteiger partial charge on any atom is -0.382 e. The largest absolute Gasteiger partial charge is 0.382 e. The van der Waals surface area contributed by atoms with Gasteiger partial charge in [-0.05, 0) is 25.8 Å². The van der Waals surface area contributed by atoms with Crippen molar-refractivity contribution < 1.29 is 9.47 Å². The Morgan fingerprint density at radius 1 is 1.29 bits per heavy atom. The van der Waals surface area contributed by atoms with Crippen molar-refractivity contribution in [1.82, 2.24) is 5.32 Å². The summed E-state index contributed by atoms with van der Waals surface area (Å²) in [6, 6.07) is 1.09. The van der Waals surface area contributed by atoms with Gasteiger partial charge < -0.3 is 20.5 Å². The van der Waals surface area contributed by atoms with Gasteiger partial charge in [-0.1, -0.05) is 0 Å². The molecule has 1 aliphatic rings. The Bertz CT molecular complexity index is 138. The predicted octanol–water partition coefficient (Wildman–Crippen LogP) is 0.119. The summed E-state index contributed by atoms with van der Waals surface area (Å²) in [6.45, 7) is 3.23. The SMILES string of the molecule is COCCOCCCNC1CC(N)C1. The summed E-state index contributed by atoms with van der Waals surface area (Å²) in [5.41, 5.74) is 5.68. The predicted molar refractivity (Wildman–Crippen MR) is 56.3 cm³/mol. The van der Waals surface area contributed by atoms with E-state index in [1.54, 1.807) is 7.11 Å². The second kappa shape index (κ2) is 7.17. The monoisotopic (exact) mass is 202 g/mol. The maximum absolute atomic E-state index is 5.68. The van der Waals surface area contributed by atoms with Gasteiger partial charge in [0.05, 0.1) is 13.2 Å². The summed E-state index contributed by atoms with van der Waals surface area (Å²) < 4.78 is 10.2. The van der Waals surface area contributed by atoms with E-state index in [-0.39, 0.29) is 0 Å². The van der Waals surface area contributed by atoms with Crippen LogP contribution in [-0.2, 0) is 9.47 Å². The molecule has 14 heavy (non-hydrogen) atoms. The molecule has 0 amide bonds. The third kappa shape index (κ3) is 4.91. The lowest BCUT2D eigenvalue weighted by atomic mass is 9.88. The van der Waals surface area contributed by atoms with E-state index >= 15 is 0 Å². The Kier molecular flexibility index (Phi) is 6.10. The molecular weight excluding hydrogens is 180 g/mol. The van der Waals surface area contributed by atoms with Gasteiger partial charge in [-0.3, -0.25) is 0 Å². The van der Waals surface area contributed by atoms with Crippen molar-refractivity contribution in [3.63, 3.8) is 0 Å². The second-order valence-corrected chi connectivity index (χ2v) is 3.84. The fourth-order valence-electron chi connectivity index (χ4n) is 1.55. The Balaban J connectivity index is 1.72. The van der Waals surface area contributed by atoms with Gasteiger partial charge in [-0.15, -0.1) is 0 Å². The molecule has 3 N–H and O–H groups in total. The van der Waals surface area contributed by atoms with Crippen molar-refractivity contribution in [2.24, 2.45) is 5.73 Å². The molecule has 0 unspecified atom stereocenters. The zero-order valence-corrected chi connectivity index (χ0v) is 9.00. The van der Waals surface area contributed by atoms with Crippen molar-refractivity contribution >= 4 is 0 Å². The highest BCUT2D eigenvalue weighted by molar-refractivity contribution is 4.87. The Labute approximate surface area is 86.1 Å². The van der Waals surface area contributed by atoms with Gasteiger partial charge in [-0.25, -0.2) is 0 Å². The van der Waals surface area contributed by atoms with Crippen LogP contribution in [-0.4, -0.2) is 45.6 Å². The van der Waals surface area contributed by atoms with E-state index < -0.39 is 0 Å². The van der Waals surface area contributed by atoms with Crippen LogP contribution in [0.3, 0.4) is 0 Å². The number of rotatable bonds is 8. The molecule has 1 rings (SSSR count). The van der Waals surface area contributed by atoms with Gasteiger partial charge in [0.1, 0.15) is 0 Å². The summed E-state index contributed by atoms with van der Waals surface area (Å²) >= 11 is 0. The van der Waals surface area contributed by atoms with Gasteiger partial charge in [0.2, 0.25) is 0 Å². The first-order chi connectivity index (χ1) is 6.83. The second-order valence-electron chi connectivity index (χ2n) is 3.84. The van der Waals surface area contributed by atoms with Crippen molar-refractivity contribution in [1.29, 1.82) is 0 Å². The number of hydrogen-bond donors (Lipinski definition) is 2. The topological polar surface area (TPSA) is 56.5 Å². The number of nitrogens with two attached hydrogens (primary N) is 1. The van der Waals surface area contributed by atoms with Gasteiger partial charge in [-0.2, -0.15) is 0 Å². The number of ether oxygens (including phenoxy) is 2. The van der Waals surface area contributed by atoms with Crippen molar-refractivity contribution in [3.05, 3.63) is 0 Å². The fraction of sp³-hybridized carbons (Fsp3) is 1.00. The van der Waals surface area contributed by atoms with Crippen molar-refractivity contribution in [3.8, 4) is 0 Å². The molecule has 4 heteroatoms. The van der Waals surface area contributed by atoms with Crippen LogP contribution < -0.4 is 11.1 Å². The van der Waals surface area contributed by atoms with Crippen LogP contribution in [0, 0.1) is 0 Å². The summed E-state index contributed by atoms with van der Waals surface area (Å²) in [5, 5.41) is 3.45. The molecule has 0 radical (unpaired) electrons. The highest BCUT2D eigenvalue weighted by Gasteiger charge is 2.24. The maximum Gasteiger partial charge on any atom is 0.0700 e. The minimum absolute atomic E-state index is 0.436. The van der Waals surface area contributed by atoms with Crippen LogP contribution in [0.4, 0.5) is 0 Å². The van der Waals surface area contributed by atoms with E-state index in [9.17, 15) is 0 Å². The molecule has 0 bridgehead atoms. The van der Waals surface area contributed by atoms with E-state index in [0.29, 0.717) is 25.3 Å². The first kappa shape index (κ1) is 11.9. The number of hydrogen-bond acceptors (Lipinski definition) is 4. The molecule has 4 nitrogen and oxygen atoms in total. The van der Waals surface area contributed by atoms with Gasteiger partial charge in [0.15, 0.2) is 0 Å². The van der Waals surface area contributed by atoms with E-state index in [1.807, 2.05) is 0 Å². The van der Waals surface area contributed by atoms with E-state index in [1.165, 1.54) is 0 Å². The van der Waals surface area contributed by atoms with Gasteiger partial charge in [0, 0.05) is 25.8 Å². The third-order valence-electron chi connectivity index (χ3n) is 2.50. The molecule has 0 saturated heterocycles. The van der Waals surface area contributed by atoms with Crippen LogP contribution in [0.25, 0.3) is 0 Å². The van der Waals surface area contributed by atoms with Gasteiger partial charge >= 0.3 is 0 Å². The molecule has 84 valence electrons. The zero-order chi connectivity index (χ0) is 10.2. The lowest BCUT2D eigenvalue weighted by Crippen LogP contribution is -2.48. The fourth-order valence-corrected chi connectivity index (χ4v) is 1.55. The molecule has 0 aromatic heterocycles. The highest BCUT2D eigenvalue weighted by atomic mass is 16.5. The van der Waals surface area contributed by atoms with Gasteiger partial charge in [0.25, 0.3) is 0 Å². The third-order valence-corrected chi connectivity index (χ3v) is 2.50. The first-order valence-corrected chi connectivity index (χ1v) is 5.38. The average Bonchev–Trinajstić information content (AvgIpc) is 2.13. The molecule has 0 aliphatic heterocycles. The van der Waals surface area contributed by atoms with Crippen LogP contribution in [0.5, 0.6) is 0 Å². The smallest absolute Gasteiger partial charge is 0.0700 e. The summed E-state index contributed by atoms with van der Waals surface area (Å²) in [5.74, 6) is 0. The van der Waals surface area contributed by atoms with Crippen molar-refractivity contribution in [2.75, 3.05) is 33.5 Å². The van der Waals surface area contributed by atoms with Crippen LogP contribution in [0.2, 0.25) is 0 Å². The van der Waals surface area contributed by atoms with Crippen LogP contribution in [0.1, 0.15) is 19.3 Å².